The van der Waals surface area contributed by atoms with Gasteiger partial charge in [0.15, 0.2) is 0 Å². The molecule has 0 unspecified atom stereocenters. The summed E-state index contributed by atoms with van der Waals surface area (Å²) in [4.78, 5) is 31.2. The molecule has 176 valence electrons. The van der Waals surface area contributed by atoms with Gasteiger partial charge in [0.1, 0.15) is 5.65 Å². The number of carbonyl (C=O) groups excluding carboxylic acids is 1. The van der Waals surface area contributed by atoms with E-state index < -0.39 is 6.09 Å². The minimum Gasteiger partial charge on any atom is -0.465 e. The number of pyridine rings is 1. The van der Waals surface area contributed by atoms with Crippen LogP contribution >= 0.6 is 11.3 Å². The maximum atomic E-state index is 12.7. The minimum atomic E-state index is -0.847. The second kappa shape index (κ2) is 8.94. The predicted molar refractivity (Wildman–Crippen MR) is 129 cm³/mol. The van der Waals surface area contributed by atoms with E-state index in [4.69, 9.17) is 5.11 Å². The minimum absolute atomic E-state index is 0.00907. The first-order chi connectivity index (χ1) is 16.4. The van der Waals surface area contributed by atoms with Gasteiger partial charge >= 0.3 is 6.09 Å². The number of carbonyl (C=O) groups is 2. The van der Waals surface area contributed by atoms with Crippen LogP contribution in [0.2, 0.25) is 0 Å². The third kappa shape index (κ3) is 4.67. The Hall–Kier alpha value is -3.66. The molecule has 2 amide bonds. The quantitative estimate of drug-likeness (QED) is 0.436. The first kappa shape index (κ1) is 22.1. The van der Waals surface area contributed by atoms with Crippen molar-refractivity contribution in [2.75, 3.05) is 13.1 Å². The molecule has 1 aliphatic heterocycles. The molecular weight excluding hydrogens is 452 g/mol. The fourth-order valence-corrected chi connectivity index (χ4v) is 5.21. The summed E-state index contributed by atoms with van der Waals surface area (Å²) in [5.74, 6) is -0.107. The summed E-state index contributed by atoms with van der Waals surface area (Å²) in [7, 11) is 0. The van der Waals surface area contributed by atoms with Crippen LogP contribution < -0.4 is 5.32 Å². The van der Waals surface area contributed by atoms with E-state index >= 15 is 0 Å². The molecule has 0 spiro atoms. The summed E-state index contributed by atoms with van der Waals surface area (Å²) in [5.41, 5.74) is 2.83. The summed E-state index contributed by atoms with van der Waals surface area (Å²) >= 11 is 1.44. The van der Waals surface area contributed by atoms with Crippen molar-refractivity contribution in [2.45, 2.75) is 32.9 Å². The van der Waals surface area contributed by atoms with Gasteiger partial charge in [0.05, 0.1) is 11.1 Å². The SMILES string of the molecule is CC1(Cn2cc(-c3ccc(C(=O)NCc4ccn5ccnc5c4)s3)cn2)CCN(C(=O)O)CC1. The Kier molecular flexibility index (Phi) is 5.82. The van der Waals surface area contributed by atoms with E-state index in [0.29, 0.717) is 24.5 Å². The van der Waals surface area contributed by atoms with E-state index in [2.05, 4.69) is 22.3 Å². The lowest BCUT2D eigenvalue weighted by atomic mass is 9.80. The number of hydrogen-bond acceptors (Lipinski definition) is 5. The van der Waals surface area contributed by atoms with Crippen molar-refractivity contribution in [3.05, 3.63) is 65.7 Å². The number of imidazole rings is 1. The van der Waals surface area contributed by atoms with Crippen LogP contribution in [0.3, 0.4) is 0 Å². The average Bonchev–Trinajstić information content (AvgIpc) is 3.57. The third-order valence-electron chi connectivity index (χ3n) is 6.45. The van der Waals surface area contributed by atoms with Crippen molar-refractivity contribution in [2.24, 2.45) is 5.41 Å². The number of hydrogen-bond donors (Lipinski definition) is 2. The van der Waals surface area contributed by atoms with E-state index in [-0.39, 0.29) is 11.3 Å². The highest BCUT2D eigenvalue weighted by atomic mass is 32.1. The van der Waals surface area contributed by atoms with E-state index in [0.717, 1.165) is 41.0 Å². The molecule has 1 aliphatic rings. The molecule has 0 radical (unpaired) electrons. The summed E-state index contributed by atoms with van der Waals surface area (Å²) in [6.45, 7) is 4.47. The highest BCUT2D eigenvalue weighted by molar-refractivity contribution is 7.17. The molecule has 2 N–H and O–H groups in total. The van der Waals surface area contributed by atoms with Gasteiger partial charge in [0, 0.05) is 61.4 Å². The van der Waals surface area contributed by atoms with Crippen LogP contribution in [0.4, 0.5) is 4.79 Å². The second-order valence-electron chi connectivity index (χ2n) is 9.08. The van der Waals surface area contributed by atoms with Gasteiger partial charge in [-0.15, -0.1) is 11.3 Å². The summed E-state index contributed by atoms with van der Waals surface area (Å²) in [5, 5.41) is 16.7. The van der Waals surface area contributed by atoms with Crippen molar-refractivity contribution in [1.29, 1.82) is 0 Å². The fourth-order valence-electron chi connectivity index (χ4n) is 4.31. The average molecular weight is 479 g/mol. The lowest BCUT2D eigenvalue weighted by Crippen LogP contribution is -2.43. The van der Waals surface area contributed by atoms with Crippen LogP contribution in [-0.4, -0.2) is 54.3 Å². The summed E-state index contributed by atoms with van der Waals surface area (Å²) in [6.07, 6.45) is 10.2. The van der Waals surface area contributed by atoms with Crippen molar-refractivity contribution >= 4 is 29.0 Å². The zero-order chi connectivity index (χ0) is 23.7. The smallest absolute Gasteiger partial charge is 0.407 e. The Balaban J connectivity index is 1.19. The summed E-state index contributed by atoms with van der Waals surface area (Å²) in [6, 6.07) is 7.72. The maximum absolute atomic E-state index is 12.7. The Bertz CT molecular complexity index is 1330. The Morgan fingerprint density at radius 2 is 2.03 bits per heavy atom. The van der Waals surface area contributed by atoms with Gasteiger partial charge in [0.2, 0.25) is 0 Å². The monoisotopic (exact) mass is 478 g/mol. The molecule has 0 bridgehead atoms. The molecule has 0 saturated carbocycles. The van der Waals surface area contributed by atoms with Gasteiger partial charge in [-0.25, -0.2) is 9.78 Å². The molecule has 9 nitrogen and oxygen atoms in total. The molecule has 1 saturated heterocycles. The first-order valence-electron chi connectivity index (χ1n) is 11.2. The Morgan fingerprint density at radius 3 is 2.82 bits per heavy atom. The van der Waals surface area contributed by atoms with Crippen LogP contribution in [0.15, 0.2) is 55.2 Å². The summed E-state index contributed by atoms with van der Waals surface area (Å²) < 4.78 is 3.85. The second-order valence-corrected chi connectivity index (χ2v) is 10.2. The molecule has 34 heavy (non-hydrogen) atoms. The highest BCUT2D eigenvalue weighted by Gasteiger charge is 2.32. The van der Waals surface area contributed by atoms with E-state index in [1.807, 2.05) is 58.1 Å². The first-order valence-corrected chi connectivity index (χ1v) is 12.0. The number of thiophene rings is 1. The lowest BCUT2D eigenvalue weighted by Gasteiger charge is -2.38. The number of carboxylic acid groups (broad SMARTS) is 1. The molecule has 1 fully saturated rings. The van der Waals surface area contributed by atoms with Crippen molar-refractivity contribution < 1.29 is 14.7 Å². The van der Waals surface area contributed by atoms with E-state index in [1.54, 1.807) is 6.20 Å². The number of piperidine rings is 1. The van der Waals surface area contributed by atoms with Gasteiger partial charge in [-0.1, -0.05) is 6.92 Å². The molecule has 4 aromatic heterocycles. The fraction of sp³-hybridized carbons (Fsp3) is 0.333. The standard InChI is InChI=1S/C24H26N6O3S/c1-24(5-9-29(10-6-24)23(32)33)16-30-15-18(14-27-30)19-2-3-20(34-19)22(31)26-13-17-4-8-28-11-7-25-21(28)12-17/h2-4,7-8,11-12,14-15H,5-6,9-10,13,16H2,1H3,(H,26,31)(H,32,33). The van der Waals surface area contributed by atoms with Gasteiger partial charge in [-0.05, 0) is 48.1 Å². The van der Waals surface area contributed by atoms with Gasteiger partial charge in [-0.3, -0.25) is 9.48 Å². The molecule has 5 heterocycles. The highest BCUT2D eigenvalue weighted by Crippen LogP contribution is 2.34. The lowest BCUT2D eigenvalue weighted by molar-refractivity contribution is 0.0866. The molecule has 0 aliphatic carbocycles. The van der Waals surface area contributed by atoms with Gasteiger partial charge in [0.25, 0.3) is 5.91 Å². The van der Waals surface area contributed by atoms with Crippen LogP contribution in [0.25, 0.3) is 16.1 Å². The largest absolute Gasteiger partial charge is 0.465 e. The Morgan fingerprint density at radius 1 is 1.21 bits per heavy atom. The predicted octanol–water partition coefficient (Wildman–Crippen LogP) is 3.97. The van der Waals surface area contributed by atoms with Crippen LogP contribution in [0.1, 0.15) is 35.0 Å². The number of rotatable bonds is 6. The zero-order valence-corrected chi connectivity index (χ0v) is 19.7. The Labute approximate surface area is 200 Å². The zero-order valence-electron chi connectivity index (χ0n) is 18.8. The number of amides is 2. The van der Waals surface area contributed by atoms with Crippen molar-refractivity contribution in [3.8, 4) is 10.4 Å². The molecule has 10 heteroatoms. The third-order valence-corrected chi connectivity index (χ3v) is 7.58. The number of aromatic nitrogens is 4. The van der Waals surface area contributed by atoms with E-state index in [9.17, 15) is 9.59 Å². The molecular formula is C24H26N6O3S. The van der Waals surface area contributed by atoms with Gasteiger partial charge < -0.3 is 19.7 Å². The van der Waals surface area contributed by atoms with Crippen LogP contribution in [-0.2, 0) is 13.1 Å². The van der Waals surface area contributed by atoms with Crippen molar-refractivity contribution in [3.63, 3.8) is 0 Å². The molecule has 0 aromatic carbocycles. The van der Waals surface area contributed by atoms with Crippen molar-refractivity contribution in [1.82, 2.24) is 29.4 Å². The maximum Gasteiger partial charge on any atom is 0.407 e. The normalized spacial score (nSPS) is 15.5. The molecule has 0 atom stereocenters. The van der Waals surface area contributed by atoms with E-state index in [1.165, 1.54) is 16.2 Å². The van der Waals surface area contributed by atoms with Crippen LogP contribution in [0.5, 0.6) is 0 Å². The number of nitrogens with zero attached hydrogens (tertiary/aromatic N) is 5. The van der Waals surface area contributed by atoms with Crippen LogP contribution in [0, 0.1) is 5.41 Å². The number of likely N-dealkylation sites (tertiary alicyclic amines) is 1. The molecule has 4 aromatic rings. The van der Waals surface area contributed by atoms with Gasteiger partial charge in [-0.2, -0.15) is 5.10 Å². The topological polar surface area (TPSA) is 105 Å². The number of fused-ring (bicyclic) bond motifs is 1. The number of nitrogens with one attached hydrogen (secondary N) is 1. The molecule has 5 rings (SSSR count).